The lowest BCUT2D eigenvalue weighted by Gasteiger charge is -2.33. The molecule has 0 spiro atoms. The summed E-state index contributed by atoms with van der Waals surface area (Å²) in [5.41, 5.74) is 8.58. The molecule has 0 saturated carbocycles. The fraction of sp³-hybridized carbons (Fsp3) is 0.500. The van der Waals surface area contributed by atoms with Crippen LogP contribution in [0.5, 0.6) is 0 Å². The van der Waals surface area contributed by atoms with Crippen LogP contribution in [0.2, 0.25) is 0 Å². The average molecular weight is 405 g/mol. The number of benzene rings is 2. The first-order chi connectivity index (χ1) is 14.0. The average Bonchev–Trinajstić information content (AvgIpc) is 3.15. The van der Waals surface area contributed by atoms with E-state index in [0.29, 0.717) is 17.8 Å². The van der Waals surface area contributed by atoms with Gasteiger partial charge in [-0.1, -0.05) is 98.7 Å². The van der Waals surface area contributed by atoms with Gasteiger partial charge in [0, 0.05) is 23.8 Å². The van der Waals surface area contributed by atoms with Crippen molar-refractivity contribution in [2.75, 3.05) is 16.5 Å². The molecule has 0 bridgehead atoms. The first kappa shape index (κ1) is 22.5. The summed E-state index contributed by atoms with van der Waals surface area (Å²) < 4.78 is 0. The summed E-state index contributed by atoms with van der Waals surface area (Å²) in [6.45, 7) is 21.6. The van der Waals surface area contributed by atoms with E-state index in [-0.39, 0.29) is 5.41 Å². The Labute approximate surface area is 184 Å². The van der Waals surface area contributed by atoms with E-state index in [2.05, 4.69) is 121 Å². The fourth-order valence-electron chi connectivity index (χ4n) is 4.51. The van der Waals surface area contributed by atoms with Crippen LogP contribution in [0.3, 0.4) is 0 Å². The molecule has 2 aromatic rings. The van der Waals surface area contributed by atoms with E-state index < -0.39 is 0 Å². The molecule has 0 fully saturated rings. The SMILES string of the molecule is CC(C)c1cccc(C(C)C)c1N1C=CN(c2c(C(C)C)cccc2C(C)(C)C)C1. The second kappa shape index (κ2) is 8.49. The Balaban J connectivity index is 2.08. The molecule has 1 aliphatic heterocycles. The summed E-state index contributed by atoms with van der Waals surface area (Å²) in [7, 11) is 0. The van der Waals surface area contributed by atoms with Crippen molar-refractivity contribution < 1.29 is 0 Å². The van der Waals surface area contributed by atoms with Crippen molar-refractivity contribution in [2.24, 2.45) is 0 Å². The van der Waals surface area contributed by atoms with E-state index in [1.807, 2.05) is 0 Å². The lowest BCUT2D eigenvalue weighted by molar-refractivity contribution is 0.588. The standard InChI is InChI=1S/C28H40N2/c1-19(2)22-12-10-13-23(20(3)4)26(22)29-16-17-30(18-29)27-24(21(5)6)14-11-15-25(27)28(7,8)9/h10-17,19-21H,18H2,1-9H3. The van der Waals surface area contributed by atoms with Crippen LogP contribution in [0, 0.1) is 0 Å². The minimum absolute atomic E-state index is 0.0976. The molecule has 2 nitrogen and oxygen atoms in total. The highest BCUT2D eigenvalue weighted by molar-refractivity contribution is 5.71. The zero-order valence-corrected chi connectivity index (χ0v) is 20.5. The van der Waals surface area contributed by atoms with Gasteiger partial charge >= 0.3 is 0 Å². The summed E-state index contributed by atoms with van der Waals surface area (Å²) in [6, 6.07) is 13.6. The van der Waals surface area contributed by atoms with Gasteiger partial charge in [-0.25, -0.2) is 0 Å². The molecule has 0 atom stereocenters. The van der Waals surface area contributed by atoms with E-state index in [0.717, 1.165) is 6.67 Å². The Morgan fingerprint density at radius 3 is 1.47 bits per heavy atom. The maximum Gasteiger partial charge on any atom is 0.0989 e. The fourth-order valence-corrected chi connectivity index (χ4v) is 4.51. The zero-order chi connectivity index (χ0) is 22.2. The van der Waals surface area contributed by atoms with Gasteiger partial charge in [-0.15, -0.1) is 0 Å². The largest absolute Gasteiger partial charge is 0.327 e. The molecule has 1 heterocycles. The number of nitrogens with zero attached hydrogens (tertiary/aromatic N) is 2. The maximum atomic E-state index is 2.46. The van der Waals surface area contributed by atoms with Gasteiger partial charge in [0.25, 0.3) is 0 Å². The third kappa shape index (κ3) is 4.29. The molecule has 0 saturated heterocycles. The number of hydrogen-bond acceptors (Lipinski definition) is 2. The van der Waals surface area contributed by atoms with Gasteiger partial charge in [-0.05, 0) is 45.4 Å². The van der Waals surface area contributed by atoms with Crippen molar-refractivity contribution in [3.8, 4) is 0 Å². The minimum atomic E-state index is 0.0976. The molecule has 0 N–H and O–H groups in total. The molecule has 2 aromatic carbocycles. The Kier molecular flexibility index (Phi) is 6.36. The van der Waals surface area contributed by atoms with Crippen LogP contribution in [0.25, 0.3) is 0 Å². The van der Waals surface area contributed by atoms with Gasteiger partial charge in [0.2, 0.25) is 0 Å². The van der Waals surface area contributed by atoms with Crippen LogP contribution in [0.4, 0.5) is 11.4 Å². The van der Waals surface area contributed by atoms with Crippen molar-refractivity contribution in [3.63, 3.8) is 0 Å². The third-order valence-electron chi connectivity index (χ3n) is 6.15. The molecule has 0 aliphatic carbocycles. The van der Waals surface area contributed by atoms with Gasteiger partial charge in [0.15, 0.2) is 0 Å². The molecular formula is C28H40N2. The van der Waals surface area contributed by atoms with Gasteiger partial charge < -0.3 is 9.80 Å². The summed E-state index contributed by atoms with van der Waals surface area (Å²) in [5.74, 6) is 1.47. The topological polar surface area (TPSA) is 6.48 Å². The van der Waals surface area contributed by atoms with Crippen LogP contribution < -0.4 is 9.80 Å². The lowest BCUT2D eigenvalue weighted by atomic mass is 9.82. The van der Waals surface area contributed by atoms with Crippen LogP contribution in [-0.2, 0) is 5.41 Å². The number of anilines is 2. The van der Waals surface area contributed by atoms with Crippen LogP contribution in [-0.4, -0.2) is 6.67 Å². The summed E-state index contributed by atoms with van der Waals surface area (Å²) in [6.07, 6.45) is 4.55. The van der Waals surface area contributed by atoms with E-state index in [9.17, 15) is 0 Å². The highest BCUT2D eigenvalue weighted by atomic mass is 15.3. The first-order valence-electron chi connectivity index (χ1n) is 11.5. The Bertz CT molecular complexity index is 886. The molecule has 0 aromatic heterocycles. The first-order valence-corrected chi connectivity index (χ1v) is 11.5. The normalized spacial score (nSPS) is 14.7. The van der Waals surface area contributed by atoms with E-state index in [1.165, 1.54) is 33.6 Å². The second-order valence-corrected chi connectivity index (χ2v) is 10.6. The van der Waals surface area contributed by atoms with Crippen LogP contribution in [0.15, 0.2) is 48.8 Å². The molecule has 1 aliphatic rings. The molecule has 30 heavy (non-hydrogen) atoms. The smallest absolute Gasteiger partial charge is 0.0989 e. The molecule has 2 heteroatoms. The van der Waals surface area contributed by atoms with Crippen molar-refractivity contribution in [1.82, 2.24) is 0 Å². The number of para-hydroxylation sites is 2. The maximum absolute atomic E-state index is 2.46. The molecule has 0 unspecified atom stereocenters. The van der Waals surface area contributed by atoms with Crippen molar-refractivity contribution in [2.45, 2.75) is 85.5 Å². The summed E-state index contributed by atoms with van der Waals surface area (Å²) in [4.78, 5) is 4.91. The van der Waals surface area contributed by atoms with E-state index in [4.69, 9.17) is 0 Å². The van der Waals surface area contributed by atoms with Gasteiger partial charge in [-0.3, -0.25) is 0 Å². The summed E-state index contributed by atoms with van der Waals surface area (Å²) >= 11 is 0. The van der Waals surface area contributed by atoms with Gasteiger partial charge in [-0.2, -0.15) is 0 Å². The monoisotopic (exact) mass is 404 g/mol. The highest BCUT2D eigenvalue weighted by Crippen LogP contribution is 2.42. The molecule has 162 valence electrons. The molecular weight excluding hydrogens is 364 g/mol. The summed E-state index contributed by atoms with van der Waals surface area (Å²) in [5, 5.41) is 0. The highest BCUT2D eigenvalue weighted by Gasteiger charge is 2.28. The van der Waals surface area contributed by atoms with Crippen LogP contribution >= 0.6 is 0 Å². The number of rotatable bonds is 5. The van der Waals surface area contributed by atoms with Crippen molar-refractivity contribution in [3.05, 3.63) is 71.1 Å². The lowest BCUT2D eigenvalue weighted by Crippen LogP contribution is -2.29. The molecule has 0 amide bonds. The Morgan fingerprint density at radius 2 is 1.03 bits per heavy atom. The molecule has 0 radical (unpaired) electrons. The van der Waals surface area contributed by atoms with Gasteiger partial charge in [0.1, 0.15) is 0 Å². The second-order valence-electron chi connectivity index (χ2n) is 10.6. The third-order valence-corrected chi connectivity index (χ3v) is 6.15. The van der Waals surface area contributed by atoms with Crippen LogP contribution in [0.1, 0.15) is 102 Å². The Hall–Kier alpha value is -2.22. The van der Waals surface area contributed by atoms with Crippen molar-refractivity contribution in [1.29, 1.82) is 0 Å². The zero-order valence-electron chi connectivity index (χ0n) is 20.5. The predicted molar refractivity (Wildman–Crippen MR) is 133 cm³/mol. The predicted octanol–water partition coefficient (Wildman–Crippen LogP) is 8.11. The quantitative estimate of drug-likeness (QED) is 0.496. The van der Waals surface area contributed by atoms with Gasteiger partial charge in [0.05, 0.1) is 6.67 Å². The van der Waals surface area contributed by atoms with Crippen molar-refractivity contribution >= 4 is 11.4 Å². The van der Waals surface area contributed by atoms with E-state index >= 15 is 0 Å². The van der Waals surface area contributed by atoms with E-state index in [1.54, 1.807) is 0 Å². The number of hydrogen-bond donors (Lipinski definition) is 0. The minimum Gasteiger partial charge on any atom is -0.327 e. The molecule has 3 rings (SSSR count). The Morgan fingerprint density at radius 1 is 0.633 bits per heavy atom.